The average molecular weight is 405 g/mol. The standard InChI is InChI=1S/C13H16Cl3NO5S/c1-6(2)8(12(20)22-5-13(14,15)16)17-10(19)9(21-4)11(17)23-7(3)18/h9,11H,5H2,1-4H3/t9-,11+/m0/s1. The van der Waals surface area contributed by atoms with Crippen molar-refractivity contribution in [3.8, 4) is 0 Å². The largest absolute Gasteiger partial charge is 0.456 e. The lowest BCUT2D eigenvalue weighted by molar-refractivity contribution is -0.163. The second kappa shape index (κ2) is 8.07. The van der Waals surface area contributed by atoms with Crippen LogP contribution in [0.5, 0.6) is 0 Å². The Labute approximate surface area is 153 Å². The second-order valence-electron chi connectivity index (χ2n) is 4.90. The molecule has 1 heterocycles. The summed E-state index contributed by atoms with van der Waals surface area (Å²) in [6.45, 7) is 4.17. The van der Waals surface area contributed by atoms with Gasteiger partial charge in [-0.2, -0.15) is 0 Å². The Balaban J connectivity index is 3.01. The minimum absolute atomic E-state index is 0.0105. The van der Waals surface area contributed by atoms with E-state index in [0.29, 0.717) is 5.57 Å². The number of rotatable bonds is 5. The smallest absolute Gasteiger partial charge is 0.355 e. The highest BCUT2D eigenvalue weighted by Gasteiger charge is 2.52. The van der Waals surface area contributed by atoms with Gasteiger partial charge < -0.3 is 9.47 Å². The summed E-state index contributed by atoms with van der Waals surface area (Å²) >= 11 is 17.5. The first kappa shape index (κ1) is 20.6. The molecule has 1 fully saturated rings. The summed E-state index contributed by atoms with van der Waals surface area (Å²) in [7, 11) is 1.36. The molecule has 2 atom stereocenters. The molecule has 0 N–H and O–H groups in total. The monoisotopic (exact) mass is 403 g/mol. The number of methoxy groups -OCH3 is 1. The molecule has 1 saturated heterocycles. The third kappa shape index (κ3) is 5.26. The van der Waals surface area contributed by atoms with Crippen LogP contribution in [0, 0.1) is 0 Å². The summed E-state index contributed by atoms with van der Waals surface area (Å²) in [5.74, 6) is -1.25. The van der Waals surface area contributed by atoms with E-state index in [4.69, 9.17) is 44.3 Å². The molecule has 0 aliphatic carbocycles. The van der Waals surface area contributed by atoms with Crippen LogP contribution in [0.25, 0.3) is 0 Å². The van der Waals surface area contributed by atoms with Crippen LogP contribution in [0.15, 0.2) is 11.3 Å². The van der Waals surface area contributed by atoms with Crippen molar-refractivity contribution < 1.29 is 23.9 Å². The third-order valence-electron chi connectivity index (χ3n) is 2.81. The van der Waals surface area contributed by atoms with Gasteiger partial charge in [-0.25, -0.2) is 4.79 Å². The Hall–Kier alpha value is -0.470. The predicted molar refractivity (Wildman–Crippen MR) is 89.3 cm³/mol. The van der Waals surface area contributed by atoms with E-state index in [0.717, 1.165) is 11.8 Å². The van der Waals surface area contributed by atoms with Crippen LogP contribution in [0.4, 0.5) is 0 Å². The number of likely N-dealkylation sites (tertiary alicyclic amines) is 1. The molecule has 1 aliphatic rings. The van der Waals surface area contributed by atoms with Crippen LogP contribution in [0.1, 0.15) is 20.8 Å². The number of β-lactam (4-membered cyclic amide) rings is 1. The molecule has 1 amide bonds. The number of allylic oxidation sites excluding steroid dienone is 1. The van der Waals surface area contributed by atoms with E-state index in [-0.39, 0.29) is 10.8 Å². The van der Waals surface area contributed by atoms with Crippen LogP contribution in [-0.2, 0) is 23.9 Å². The Kier molecular flexibility index (Phi) is 7.22. The molecule has 1 rings (SSSR count). The van der Waals surface area contributed by atoms with Gasteiger partial charge >= 0.3 is 5.97 Å². The molecular formula is C13H16Cl3NO5S. The number of carbonyl (C=O) groups excluding carboxylic acids is 3. The maximum Gasteiger partial charge on any atom is 0.355 e. The van der Waals surface area contributed by atoms with Crippen molar-refractivity contribution in [3.05, 3.63) is 11.3 Å². The molecule has 0 aromatic rings. The Morgan fingerprint density at radius 1 is 1.26 bits per heavy atom. The third-order valence-corrected chi connectivity index (χ3v) is 4.17. The Morgan fingerprint density at radius 3 is 2.22 bits per heavy atom. The number of hydrogen-bond acceptors (Lipinski definition) is 6. The number of thioether (sulfide) groups is 1. The molecule has 0 bridgehead atoms. The molecule has 0 unspecified atom stereocenters. The fourth-order valence-electron chi connectivity index (χ4n) is 1.94. The van der Waals surface area contributed by atoms with E-state index < -0.39 is 33.8 Å². The molecule has 0 aromatic carbocycles. The minimum atomic E-state index is -1.76. The fourth-order valence-corrected chi connectivity index (χ4v) is 3.11. The molecule has 0 aromatic heterocycles. The highest BCUT2D eigenvalue weighted by Crippen LogP contribution is 2.37. The van der Waals surface area contributed by atoms with Gasteiger partial charge in [-0.05, 0) is 19.4 Å². The lowest BCUT2D eigenvalue weighted by Gasteiger charge is -2.45. The summed E-state index contributed by atoms with van der Waals surface area (Å²) in [6, 6.07) is 0. The molecule has 0 saturated carbocycles. The molecule has 130 valence electrons. The van der Waals surface area contributed by atoms with E-state index in [2.05, 4.69) is 0 Å². The summed E-state index contributed by atoms with van der Waals surface area (Å²) in [5, 5.41) is -0.854. The lowest BCUT2D eigenvalue weighted by Crippen LogP contribution is -2.64. The fraction of sp³-hybridized carbons (Fsp3) is 0.615. The number of halogens is 3. The zero-order valence-electron chi connectivity index (χ0n) is 12.9. The van der Waals surface area contributed by atoms with E-state index in [1.54, 1.807) is 13.8 Å². The Bertz CT molecular complexity index is 542. The highest BCUT2D eigenvalue weighted by molar-refractivity contribution is 8.14. The number of nitrogens with zero attached hydrogens (tertiary/aromatic N) is 1. The van der Waals surface area contributed by atoms with E-state index >= 15 is 0 Å². The molecule has 23 heavy (non-hydrogen) atoms. The van der Waals surface area contributed by atoms with Gasteiger partial charge in [0.2, 0.25) is 3.79 Å². The van der Waals surface area contributed by atoms with Crippen LogP contribution in [-0.4, -0.2) is 50.9 Å². The quantitative estimate of drug-likeness (QED) is 0.303. The van der Waals surface area contributed by atoms with Crippen molar-refractivity contribution in [2.75, 3.05) is 13.7 Å². The molecule has 0 spiro atoms. The zero-order valence-corrected chi connectivity index (χ0v) is 16.0. The number of hydrogen-bond donors (Lipinski definition) is 0. The van der Waals surface area contributed by atoms with Gasteiger partial charge in [-0.15, -0.1) is 0 Å². The SMILES string of the molecule is CO[C@H]1C(=O)N(C(C(=O)OCC(Cl)(Cl)Cl)=C(C)C)[C@@H]1SC(C)=O. The number of esters is 1. The maximum absolute atomic E-state index is 12.3. The van der Waals surface area contributed by atoms with Crippen molar-refractivity contribution in [1.82, 2.24) is 4.90 Å². The number of amides is 1. The molecule has 1 aliphatic heterocycles. The normalized spacial score (nSPS) is 20.8. The summed E-state index contributed by atoms with van der Waals surface area (Å²) in [6.07, 6.45) is -0.806. The zero-order chi connectivity index (χ0) is 17.9. The minimum Gasteiger partial charge on any atom is -0.456 e. The van der Waals surface area contributed by atoms with Crippen LogP contribution in [0.2, 0.25) is 0 Å². The average Bonchev–Trinajstić information content (AvgIpc) is 2.40. The highest BCUT2D eigenvalue weighted by atomic mass is 35.6. The Morgan fingerprint density at radius 2 is 1.83 bits per heavy atom. The van der Waals surface area contributed by atoms with E-state index in [9.17, 15) is 14.4 Å². The maximum atomic E-state index is 12.3. The lowest BCUT2D eigenvalue weighted by atomic mass is 10.1. The number of ether oxygens (including phenoxy) is 2. The molecule has 6 nitrogen and oxygen atoms in total. The first-order valence-corrected chi connectivity index (χ1v) is 8.45. The predicted octanol–water partition coefficient (Wildman–Crippen LogP) is 2.66. The molecule has 0 radical (unpaired) electrons. The van der Waals surface area contributed by atoms with Gasteiger partial charge in [-0.3, -0.25) is 14.5 Å². The van der Waals surface area contributed by atoms with Crippen molar-refractivity contribution in [2.45, 2.75) is 36.0 Å². The van der Waals surface area contributed by atoms with Gasteiger partial charge in [0.1, 0.15) is 17.7 Å². The van der Waals surface area contributed by atoms with Crippen LogP contribution >= 0.6 is 46.6 Å². The van der Waals surface area contributed by atoms with E-state index in [1.807, 2.05) is 0 Å². The topological polar surface area (TPSA) is 72.9 Å². The van der Waals surface area contributed by atoms with Crippen molar-refractivity contribution in [2.24, 2.45) is 0 Å². The van der Waals surface area contributed by atoms with E-state index in [1.165, 1.54) is 18.9 Å². The van der Waals surface area contributed by atoms with Crippen LogP contribution in [0.3, 0.4) is 0 Å². The van der Waals surface area contributed by atoms with Gasteiger partial charge in [0.25, 0.3) is 5.91 Å². The molecular weight excluding hydrogens is 389 g/mol. The first-order valence-electron chi connectivity index (χ1n) is 6.44. The second-order valence-corrected chi connectivity index (χ2v) is 8.71. The summed E-state index contributed by atoms with van der Waals surface area (Å²) < 4.78 is 8.24. The summed E-state index contributed by atoms with van der Waals surface area (Å²) in [5.41, 5.74) is 0.535. The van der Waals surface area contributed by atoms with Gasteiger partial charge in [0.15, 0.2) is 11.2 Å². The van der Waals surface area contributed by atoms with Gasteiger partial charge in [0, 0.05) is 14.0 Å². The van der Waals surface area contributed by atoms with Crippen molar-refractivity contribution >= 4 is 63.6 Å². The summed E-state index contributed by atoms with van der Waals surface area (Å²) in [4.78, 5) is 37.0. The number of carbonyl (C=O) groups is 3. The van der Waals surface area contributed by atoms with Crippen molar-refractivity contribution in [1.29, 1.82) is 0 Å². The van der Waals surface area contributed by atoms with Crippen molar-refractivity contribution in [3.63, 3.8) is 0 Å². The van der Waals surface area contributed by atoms with Crippen LogP contribution < -0.4 is 0 Å². The molecule has 10 heteroatoms. The van der Waals surface area contributed by atoms with Gasteiger partial charge in [-0.1, -0.05) is 46.6 Å². The van der Waals surface area contributed by atoms with Gasteiger partial charge in [0.05, 0.1) is 0 Å². The first-order chi connectivity index (χ1) is 10.5. The number of alkyl halides is 3.